The number of hydrogen-bond acceptors (Lipinski definition) is 7. The Labute approximate surface area is 222 Å². The third kappa shape index (κ3) is 5.53. The Morgan fingerprint density at radius 1 is 0.923 bits per heavy atom. The van der Waals surface area contributed by atoms with Gasteiger partial charge in [0, 0.05) is 37.7 Å². The summed E-state index contributed by atoms with van der Waals surface area (Å²) in [5.41, 5.74) is 5.10. The lowest BCUT2D eigenvalue weighted by molar-refractivity contribution is 0.0945. The average Bonchev–Trinajstić information content (AvgIpc) is 3.70. The Hall–Kier alpha value is -4.90. The average molecular weight is 525 g/mol. The van der Waals surface area contributed by atoms with Crippen molar-refractivity contribution in [2.24, 2.45) is 0 Å². The lowest BCUT2D eigenvalue weighted by Gasteiger charge is -2.03. The molecule has 0 atom stereocenters. The number of H-pyrrole nitrogens is 2. The number of benzene rings is 2. The molecular weight excluding hydrogens is 499 g/mol. The SMILES string of the molecule is O=C(NCc1ncccc1F)c1coc(CCNCCc2nc3ccc(-c4nc5ccccc5[nH]4)cc3[nH]2)n1. The summed E-state index contributed by atoms with van der Waals surface area (Å²) in [5, 5.41) is 5.94. The minimum atomic E-state index is -0.472. The molecule has 0 saturated carbocycles. The fourth-order valence-corrected chi connectivity index (χ4v) is 4.28. The van der Waals surface area contributed by atoms with E-state index in [0.29, 0.717) is 25.4 Å². The first kappa shape index (κ1) is 24.4. The van der Waals surface area contributed by atoms with Crippen LogP contribution in [-0.4, -0.2) is 48.9 Å². The third-order valence-corrected chi connectivity index (χ3v) is 6.28. The number of aromatic nitrogens is 6. The number of para-hydroxylation sites is 2. The first-order valence-corrected chi connectivity index (χ1v) is 12.6. The molecule has 0 aliphatic heterocycles. The van der Waals surface area contributed by atoms with Crippen molar-refractivity contribution in [2.45, 2.75) is 19.4 Å². The van der Waals surface area contributed by atoms with Crippen LogP contribution in [-0.2, 0) is 19.4 Å². The number of aromatic amines is 2. The van der Waals surface area contributed by atoms with E-state index < -0.39 is 11.7 Å². The zero-order valence-corrected chi connectivity index (χ0v) is 20.9. The number of rotatable bonds is 10. The highest BCUT2D eigenvalue weighted by molar-refractivity contribution is 5.91. The van der Waals surface area contributed by atoms with E-state index in [0.717, 1.165) is 45.7 Å². The molecular formula is C28H25FN8O2. The van der Waals surface area contributed by atoms with Crippen molar-refractivity contribution in [3.05, 3.63) is 96.0 Å². The van der Waals surface area contributed by atoms with Gasteiger partial charge in [0.2, 0.25) is 0 Å². The molecule has 2 aromatic carbocycles. The molecule has 10 nitrogen and oxygen atoms in total. The number of nitrogens with one attached hydrogen (secondary N) is 4. The van der Waals surface area contributed by atoms with Gasteiger partial charge in [-0.1, -0.05) is 12.1 Å². The third-order valence-electron chi connectivity index (χ3n) is 6.28. The molecule has 0 bridgehead atoms. The Balaban J connectivity index is 0.974. The number of imidazole rings is 2. The smallest absolute Gasteiger partial charge is 0.273 e. The first-order chi connectivity index (χ1) is 19.1. The van der Waals surface area contributed by atoms with Gasteiger partial charge in [-0.15, -0.1) is 0 Å². The van der Waals surface area contributed by atoms with E-state index in [9.17, 15) is 9.18 Å². The summed E-state index contributed by atoms with van der Waals surface area (Å²) < 4.78 is 19.1. The van der Waals surface area contributed by atoms with Gasteiger partial charge in [-0.25, -0.2) is 19.3 Å². The largest absolute Gasteiger partial charge is 0.448 e. The second-order valence-electron chi connectivity index (χ2n) is 9.01. The number of halogens is 1. The molecule has 0 unspecified atom stereocenters. The van der Waals surface area contributed by atoms with Crippen LogP contribution in [0.15, 0.2) is 71.5 Å². The lowest BCUT2D eigenvalue weighted by atomic mass is 10.2. The van der Waals surface area contributed by atoms with Crippen LogP contribution >= 0.6 is 0 Å². The molecule has 6 rings (SSSR count). The quantitative estimate of drug-likeness (QED) is 0.199. The van der Waals surface area contributed by atoms with Crippen molar-refractivity contribution in [1.82, 2.24) is 40.5 Å². The van der Waals surface area contributed by atoms with Crippen LogP contribution in [0.3, 0.4) is 0 Å². The number of pyridine rings is 1. The summed E-state index contributed by atoms with van der Waals surface area (Å²) in [6.07, 6.45) is 4.01. The summed E-state index contributed by atoms with van der Waals surface area (Å²) in [6.45, 7) is 1.30. The van der Waals surface area contributed by atoms with E-state index in [-0.39, 0.29) is 17.9 Å². The van der Waals surface area contributed by atoms with Gasteiger partial charge in [0.15, 0.2) is 11.6 Å². The van der Waals surface area contributed by atoms with Crippen LogP contribution in [0.1, 0.15) is 27.9 Å². The fraction of sp³-hybridized carbons (Fsp3) is 0.179. The van der Waals surface area contributed by atoms with Gasteiger partial charge in [0.1, 0.15) is 23.7 Å². The van der Waals surface area contributed by atoms with Crippen molar-refractivity contribution in [3.8, 4) is 11.4 Å². The van der Waals surface area contributed by atoms with Crippen molar-refractivity contribution in [3.63, 3.8) is 0 Å². The Morgan fingerprint density at radius 2 is 1.79 bits per heavy atom. The molecule has 196 valence electrons. The molecule has 0 aliphatic carbocycles. The van der Waals surface area contributed by atoms with E-state index in [1.807, 2.05) is 36.4 Å². The summed E-state index contributed by atoms with van der Waals surface area (Å²) in [6, 6.07) is 16.8. The predicted molar refractivity (Wildman–Crippen MR) is 143 cm³/mol. The van der Waals surface area contributed by atoms with E-state index in [1.54, 1.807) is 0 Å². The van der Waals surface area contributed by atoms with Crippen molar-refractivity contribution < 1.29 is 13.6 Å². The van der Waals surface area contributed by atoms with Crippen LogP contribution in [0, 0.1) is 5.82 Å². The lowest BCUT2D eigenvalue weighted by Crippen LogP contribution is -2.24. The normalized spacial score (nSPS) is 11.4. The van der Waals surface area contributed by atoms with Crippen molar-refractivity contribution in [2.75, 3.05) is 13.1 Å². The molecule has 0 aliphatic rings. The zero-order valence-electron chi connectivity index (χ0n) is 20.9. The maximum atomic E-state index is 13.7. The van der Waals surface area contributed by atoms with Gasteiger partial charge in [-0.2, -0.15) is 0 Å². The Kier molecular flexibility index (Phi) is 6.79. The van der Waals surface area contributed by atoms with E-state index in [2.05, 4.69) is 46.6 Å². The topological polar surface area (TPSA) is 137 Å². The number of hydrogen-bond donors (Lipinski definition) is 4. The van der Waals surface area contributed by atoms with E-state index in [1.165, 1.54) is 24.6 Å². The van der Waals surface area contributed by atoms with Gasteiger partial charge in [0.05, 0.1) is 34.3 Å². The van der Waals surface area contributed by atoms with Gasteiger partial charge >= 0.3 is 0 Å². The molecule has 11 heteroatoms. The predicted octanol–water partition coefficient (Wildman–Crippen LogP) is 3.93. The van der Waals surface area contributed by atoms with Crippen LogP contribution < -0.4 is 10.6 Å². The number of carbonyl (C=O) groups excluding carboxylic acids is 1. The highest BCUT2D eigenvalue weighted by Gasteiger charge is 2.13. The number of carbonyl (C=O) groups is 1. The molecule has 4 aromatic heterocycles. The molecule has 0 radical (unpaired) electrons. The molecule has 6 aromatic rings. The van der Waals surface area contributed by atoms with Crippen molar-refractivity contribution in [1.29, 1.82) is 0 Å². The second kappa shape index (κ2) is 10.8. The first-order valence-electron chi connectivity index (χ1n) is 12.6. The van der Waals surface area contributed by atoms with Crippen LogP contribution in [0.4, 0.5) is 4.39 Å². The molecule has 0 spiro atoms. The highest BCUT2D eigenvalue weighted by atomic mass is 19.1. The molecule has 4 heterocycles. The summed E-state index contributed by atoms with van der Waals surface area (Å²) in [4.78, 5) is 36.5. The molecule has 39 heavy (non-hydrogen) atoms. The molecule has 0 fully saturated rings. The maximum Gasteiger partial charge on any atom is 0.273 e. The molecule has 0 saturated heterocycles. The minimum Gasteiger partial charge on any atom is -0.448 e. The zero-order chi connectivity index (χ0) is 26.6. The van der Waals surface area contributed by atoms with Gasteiger partial charge in [-0.3, -0.25) is 9.78 Å². The van der Waals surface area contributed by atoms with Crippen LogP contribution in [0.5, 0.6) is 0 Å². The number of oxazole rings is 1. The highest BCUT2D eigenvalue weighted by Crippen LogP contribution is 2.23. The summed E-state index contributed by atoms with van der Waals surface area (Å²) >= 11 is 0. The second-order valence-corrected chi connectivity index (χ2v) is 9.01. The van der Waals surface area contributed by atoms with Gasteiger partial charge in [-0.05, 0) is 42.5 Å². The minimum absolute atomic E-state index is 0.0295. The van der Waals surface area contributed by atoms with Crippen molar-refractivity contribution >= 4 is 28.0 Å². The van der Waals surface area contributed by atoms with Gasteiger partial charge in [0.25, 0.3) is 5.91 Å². The van der Waals surface area contributed by atoms with Gasteiger partial charge < -0.3 is 25.0 Å². The summed E-state index contributed by atoms with van der Waals surface area (Å²) in [5.74, 6) is 1.23. The maximum absolute atomic E-state index is 13.7. The molecule has 1 amide bonds. The van der Waals surface area contributed by atoms with Crippen LogP contribution in [0.2, 0.25) is 0 Å². The number of amides is 1. The standard InChI is InChI=1S/C28H25FN8O2/c29-18-4-3-11-31-23(18)15-32-28(38)24-16-39-26(35-24)10-13-30-12-9-25-33-21-8-7-17(14-22(21)34-25)27-36-19-5-1-2-6-20(19)37-27/h1-8,11,14,16,30H,9-10,12-13,15H2,(H,32,38)(H,33,34)(H,36,37). The monoisotopic (exact) mass is 524 g/mol. The summed E-state index contributed by atoms with van der Waals surface area (Å²) in [7, 11) is 0. The Morgan fingerprint density at radius 3 is 2.69 bits per heavy atom. The van der Waals surface area contributed by atoms with E-state index in [4.69, 9.17) is 4.42 Å². The fourth-order valence-electron chi connectivity index (χ4n) is 4.28. The van der Waals surface area contributed by atoms with Crippen LogP contribution in [0.25, 0.3) is 33.5 Å². The number of nitrogens with zero attached hydrogens (tertiary/aromatic N) is 4. The number of fused-ring (bicyclic) bond motifs is 2. The van der Waals surface area contributed by atoms with E-state index >= 15 is 0 Å². The molecule has 4 N–H and O–H groups in total. The Bertz CT molecular complexity index is 1720.